The molecule has 108 valence electrons. The number of rotatable bonds is 8. The largest absolute Gasteiger partial charge is 0.481 e. The fourth-order valence-electron chi connectivity index (χ4n) is 2.73. The quantitative estimate of drug-likeness (QED) is 0.646. The number of carbonyl (C=O) groups excluding carboxylic acids is 2. The summed E-state index contributed by atoms with van der Waals surface area (Å²) < 4.78 is 0. The molecule has 0 bridgehead atoms. The summed E-state index contributed by atoms with van der Waals surface area (Å²) in [6, 6.07) is 0. The van der Waals surface area contributed by atoms with Gasteiger partial charge in [-0.05, 0) is 20.3 Å². The molecule has 0 aromatic carbocycles. The maximum Gasteiger partial charge on any atom is 0.317 e. The first-order chi connectivity index (χ1) is 8.66. The summed E-state index contributed by atoms with van der Waals surface area (Å²) in [6.07, 6.45) is 0.0729. The molecule has 6 nitrogen and oxygen atoms in total. The van der Waals surface area contributed by atoms with Crippen molar-refractivity contribution in [2.24, 2.45) is 17.3 Å². The highest BCUT2D eigenvalue weighted by Crippen LogP contribution is 2.40. The van der Waals surface area contributed by atoms with E-state index in [4.69, 9.17) is 5.11 Å². The average molecular weight is 272 g/mol. The van der Waals surface area contributed by atoms with E-state index >= 15 is 0 Å². The molecule has 0 aliphatic carbocycles. The third-order valence-corrected chi connectivity index (χ3v) is 3.75. The van der Waals surface area contributed by atoms with E-state index in [0.29, 0.717) is 0 Å². The first-order valence-electron chi connectivity index (χ1n) is 6.14. The molecule has 2 N–H and O–H groups in total. The zero-order valence-corrected chi connectivity index (χ0v) is 11.6. The molecule has 3 unspecified atom stereocenters. The molecule has 0 aromatic rings. The van der Waals surface area contributed by atoms with Gasteiger partial charge in [0.1, 0.15) is 22.9 Å². The number of carboxylic acid groups (broad SMARTS) is 2. The van der Waals surface area contributed by atoms with Crippen LogP contribution in [0.4, 0.5) is 0 Å². The van der Waals surface area contributed by atoms with Crippen LogP contribution in [0.3, 0.4) is 0 Å². The van der Waals surface area contributed by atoms with Gasteiger partial charge in [0.05, 0.1) is 0 Å². The summed E-state index contributed by atoms with van der Waals surface area (Å²) in [6.45, 7) is 5.32. The molecule has 0 aliphatic rings. The lowest BCUT2D eigenvalue weighted by atomic mass is 9.63. The van der Waals surface area contributed by atoms with Crippen LogP contribution in [0.1, 0.15) is 40.5 Å². The van der Waals surface area contributed by atoms with Crippen molar-refractivity contribution in [3.63, 3.8) is 0 Å². The van der Waals surface area contributed by atoms with Crippen LogP contribution in [0.25, 0.3) is 0 Å². The van der Waals surface area contributed by atoms with E-state index in [1.807, 2.05) is 0 Å². The number of aliphatic carboxylic acids is 2. The molecule has 0 saturated heterocycles. The Morgan fingerprint density at radius 2 is 1.53 bits per heavy atom. The van der Waals surface area contributed by atoms with Crippen molar-refractivity contribution in [3.8, 4) is 0 Å². The van der Waals surface area contributed by atoms with Gasteiger partial charge >= 0.3 is 11.9 Å². The Hall–Kier alpha value is -1.72. The van der Waals surface area contributed by atoms with Crippen molar-refractivity contribution >= 4 is 23.5 Å². The molecule has 0 amide bonds. The van der Waals surface area contributed by atoms with Crippen LogP contribution >= 0.6 is 0 Å². The lowest BCUT2D eigenvalue weighted by Gasteiger charge is -2.36. The van der Waals surface area contributed by atoms with Gasteiger partial charge < -0.3 is 10.2 Å². The second-order valence-corrected chi connectivity index (χ2v) is 4.63. The lowest BCUT2D eigenvalue weighted by molar-refractivity contribution is -0.164. The van der Waals surface area contributed by atoms with Crippen molar-refractivity contribution in [3.05, 3.63) is 0 Å². The predicted molar refractivity (Wildman–Crippen MR) is 66.6 cm³/mol. The SMILES string of the molecule is CCC(C(C(C)=O)C(=O)O)C(CC)(C(C)=O)C(=O)O. The van der Waals surface area contributed by atoms with E-state index in [2.05, 4.69) is 0 Å². The Kier molecular flexibility index (Phi) is 5.86. The molecule has 0 aliphatic heterocycles. The van der Waals surface area contributed by atoms with Crippen LogP contribution in [-0.2, 0) is 19.2 Å². The van der Waals surface area contributed by atoms with E-state index in [1.165, 1.54) is 6.92 Å². The molecule has 3 atom stereocenters. The van der Waals surface area contributed by atoms with Gasteiger partial charge in [0.15, 0.2) is 0 Å². The molecule has 0 saturated carbocycles. The Labute approximate surface area is 111 Å². The van der Waals surface area contributed by atoms with Gasteiger partial charge in [0.25, 0.3) is 0 Å². The van der Waals surface area contributed by atoms with Gasteiger partial charge in [-0.15, -0.1) is 0 Å². The summed E-state index contributed by atoms with van der Waals surface area (Å²) in [5.41, 5.74) is -1.83. The van der Waals surface area contributed by atoms with Crippen molar-refractivity contribution < 1.29 is 29.4 Å². The van der Waals surface area contributed by atoms with E-state index in [-0.39, 0.29) is 12.8 Å². The van der Waals surface area contributed by atoms with Gasteiger partial charge in [-0.2, -0.15) is 0 Å². The molecular weight excluding hydrogens is 252 g/mol. The molecule has 0 radical (unpaired) electrons. The first-order valence-corrected chi connectivity index (χ1v) is 6.14. The highest BCUT2D eigenvalue weighted by atomic mass is 16.4. The summed E-state index contributed by atoms with van der Waals surface area (Å²) in [4.78, 5) is 46.1. The van der Waals surface area contributed by atoms with E-state index in [9.17, 15) is 24.3 Å². The number of ketones is 2. The van der Waals surface area contributed by atoms with Crippen LogP contribution in [-0.4, -0.2) is 33.7 Å². The summed E-state index contributed by atoms with van der Waals surface area (Å²) in [5.74, 6) is -6.56. The lowest BCUT2D eigenvalue weighted by Crippen LogP contribution is -2.50. The monoisotopic (exact) mass is 272 g/mol. The van der Waals surface area contributed by atoms with Gasteiger partial charge in [0, 0.05) is 5.92 Å². The standard InChI is InChI=1S/C13H20O6/c1-5-9(10(7(3)14)11(16)17)13(6-2,8(4)15)12(18)19/h9-10H,5-6H2,1-4H3,(H,16,17)(H,18,19). The molecule has 6 heteroatoms. The minimum atomic E-state index is -1.83. The van der Waals surface area contributed by atoms with Crippen LogP contribution in [0.2, 0.25) is 0 Å². The number of carbonyl (C=O) groups is 4. The number of hydrogen-bond donors (Lipinski definition) is 2. The topological polar surface area (TPSA) is 109 Å². The zero-order chi connectivity index (χ0) is 15.4. The number of carboxylic acids is 2. The van der Waals surface area contributed by atoms with Crippen LogP contribution in [0.5, 0.6) is 0 Å². The smallest absolute Gasteiger partial charge is 0.317 e. The van der Waals surface area contributed by atoms with Gasteiger partial charge in [-0.1, -0.05) is 20.3 Å². The second-order valence-electron chi connectivity index (χ2n) is 4.63. The third-order valence-electron chi connectivity index (χ3n) is 3.75. The minimum Gasteiger partial charge on any atom is -0.481 e. The predicted octanol–water partition coefficient (Wildman–Crippen LogP) is 1.37. The van der Waals surface area contributed by atoms with Crippen molar-refractivity contribution in [1.82, 2.24) is 0 Å². The van der Waals surface area contributed by atoms with Crippen molar-refractivity contribution in [1.29, 1.82) is 0 Å². The van der Waals surface area contributed by atoms with Crippen LogP contribution in [0, 0.1) is 17.3 Å². The van der Waals surface area contributed by atoms with Gasteiger partial charge in [-0.25, -0.2) is 0 Å². The molecule has 19 heavy (non-hydrogen) atoms. The third kappa shape index (κ3) is 3.00. The highest BCUT2D eigenvalue weighted by molar-refractivity contribution is 6.05. The molecule has 0 heterocycles. The average Bonchev–Trinajstić information content (AvgIpc) is 2.26. The number of hydrogen-bond acceptors (Lipinski definition) is 4. The first kappa shape index (κ1) is 17.3. The fourth-order valence-corrected chi connectivity index (χ4v) is 2.73. The minimum absolute atomic E-state index is 0.0484. The maximum atomic E-state index is 11.8. The molecule has 0 spiro atoms. The molecule has 0 fully saturated rings. The van der Waals surface area contributed by atoms with Crippen LogP contribution in [0.15, 0.2) is 0 Å². The summed E-state index contributed by atoms with van der Waals surface area (Å²) >= 11 is 0. The maximum absolute atomic E-state index is 11.8. The summed E-state index contributed by atoms with van der Waals surface area (Å²) in [5, 5.41) is 18.5. The normalized spacial score (nSPS) is 17.1. The van der Waals surface area contributed by atoms with Crippen LogP contribution < -0.4 is 0 Å². The molecule has 0 rings (SSSR count). The van der Waals surface area contributed by atoms with Crippen molar-refractivity contribution in [2.75, 3.05) is 0 Å². The van der Waals surface area contributed by atoms with E-state index in [1.54, 1.807) is 6.92 Å². The second kappa shape index (κ2) is 6.45. The molecule has 0 aromatic heterocycles. The Morgan fingerprint density at radius 1 is 1.05 bits per heavy atom. The number of Topliss-reactive ketones (excluding diaryl/α,β-unsaturated/α-hetero) is 2. The fraction of sp³-hybridized carbons (Fsp3) is 0.692. The molecular formula is C13H20O6. The Morgan fingerprint density at radius 3 is 1.68 bits per heavy atom. The summed E-state index contributed by atoms with van der Waals surface area (Å²) in [7, 11) is 0. The van der Waals surface area contributed by atoms with Gasteiger partial charge in [0.2, 0.25) is 0 Å². The Balaban J connectivity index is 5.99. The Bertz CT molecular complexity index is 370. The van der Waals surface area contributed by atoms with E-state index < -0.39 is 40.8 Å². The van der Waals surface area contributed by atoms with E-state index in [0.717, 1.165) is 13.8 Å². The zero-order valence-electron chi connectivity index (χ0n) is 11.6. The van der Waals surface area contributed by atoms with Crippen molar-refractivity contribution in [2.45, 2.75) is 40.5 Å². The van der Waals surface area contributed by atoms with Gasteiger partial charge in [-0.3, -0.25) is 19.2 Å². The highest BCUT2D eigenvalue weighted by Gasteiger charge is 2.53.